The van der Waals surface area contributed by atoms with Crippen LogP contribution in [0.1, 0.15) is 30.0 Å². The van der Waals surface area contributed by atoms with Crippen molar-refractivity contribution in [3.8, 4) is 11.1 Å². The molecule has 0 spiro atoms. The van der Waals surface area contributed by atoms with Crippen molar-refractivity contribution in [3.63, 3.8) is 0 Å². The number of nitrogens with one attached hydrogen (secondary N) is 3. The molecule has 6 heteroatoms. The Balaban J connectivity index is 0.000000269. The Morgan fingerprint density at radius 2 is 1.94 bits per heavy atom. The number of allylic oxidation sites excluding steroid dienone is 1. The first-order valence-corrected chi connectivity index (χ1v) is 10.8. The van der Waals surface area contributed by atoms with Gasteiger partial charge < -0.3 is 10.8 Å². The van der Waals surface area contributed by atoms with Gasteiger partial charge in [0.05, 0.1) is 5.71 Å². The summed E-state index contributed by atoms with van der Waals surface area (Å²) in [5.41, 5.74) is 12.4. The zero-order chi connectivity index (χ0) is 22.9. The quantitative estimate of drug-likeness (QED) is 0.371. The molecule has 3 N–H and O–H groups in total. The van der Waals surface area contributed by atoms with E-state index in [1.54, 1.807) is 13.2 Å². The van der Waals surface area contributed by atoms with E-state index in [0.29, 0.717) is 5.71 Å². The topological polar surface area (TPSA) is 76.9 Å². The summed E-state index contributed by atoms with van der Waals surface area (Å²) in [6.07, 6.45) is 6.89. The van der Waals surface area contributed by atoms with Gasteiger partial charge in [-0.3, -0.25) is 9.88 Å². The number of aryl methyl sites for hydroxylation is 1. The van der Waals surface area contributed by atoms with Crippen LogP contribution in [0.5, 0.6) is 0 Å². The Morgan fingerprint density at radius 3 is 2.56 bits per heavy atom. The highest BCUT2D eigenvalue weighted by molar-refractivity contribution is 6.11. The first-order chi connectivity index (χ1) is 15.5. The molecule has 1 aliphatic rings. The van der Waals surface area contributed by atoms with Gasteiger partial charge in [0.1, 0.15) is 5.82 Å². The highest BCUT2D eigenvalue weighted by atomic mass is 15.4. The van der Waals surface area contributed by atoms with Crippen molar-refractivity contribution in [3.05, 3.63) is 89.9 Å². The zero-order valence-electron chi connectivity index (χ0n) is 19.2. The second-order valence-electron chi connectivity index (χ2n) is 7.99. The van der Waals surface area contributed by atoms with Crippen molar-refractivity contribution in [1.82, 2.24) is 20.3 Å². The summed E-state index contributed by atoms with van der Waals surface area (Å²) in [7, 11) is 1.80. The van der Waals surface area contributed by atoms with Crippen molar-refractivity contribution in [2.75, 3.05) is 25.6 Å². The molecule has 1 aliphatic heterocycles. The largest absolute Gasteiger partial charge is 0.306 e. The molecule has 3 aromatic rings. The van der Waals surface area contributed by atoms with Crippen LogP contribution in [-0.2, 0) is 6.54 Å². The van der Waals surface area contributed by atoms with Gasteiger partial charge >= 0.3 is 0 Å². The van der Waals surface area contributed by atoms with Crippen LogP contribution in [0.15, 0.2) is 73.2 Å². The molecule has 0 atom stereocenters. The smallest absolute Gasteiger partial charge is 0.140 e. The minimum atomic E-state index is 0.508. The van der Waals surface area contributed by atoms with Gasteiger partial charge in [0.2, 0.25) is 0 Å². The molecule has 6 nitrogen and oxygen atoms in total. The Bertz CT molecular complexity index is 1060. The molecular formula is C26H32N6. The molecule has 0 unspecified atom stereocenters. The van der Waals surface area contributed by atoms with E-state index in [1.165, 1.54) is 25.1 Å². The van der Waals surface area contributed by atoms with E-state index in [1.807, 2.05) is 44.4 Å². The van der Waals surface area contributed by atoms with Crippen LogP contribution in [0.4, 0.5) is 5.82 Å². The molecule has 1 aromatic carbocycles. The lowest BCUT2D eigenvalue weighted by molar-refractivity contribution is 0.172. The van der Waals surface area contributed by atoms with Crippen molar-refractivity contribution in [1.29, 1.82) is 5.41 Å². The summed E-state index contributed by atoms with van der Waals surface area (Å²) in [4.78, 5) is 10.8. The van der Waals surface area contributed by atoms with Crippen molar-refractivity contribution >= 4 is 11.5 Å². The third-order valence-electron chi connectivity index (χ3n) is 5.33. The molecule has 0 bridgehead atoms. The van der Waals surface area contributed by atoms with Gasteiger partial charge in [-0.2, -0.15) is 0 Å². The second-order valence-corrected chi connectivity index (χ2v) is 7.99. The highest BCUT2D eigenvalue weighted by Crippen LogP contribution is 2.25. The summed E-state index contributed by atoms with van der Waals surface area (Å²) in [6.45, 7) is 11.2. The Kier molecular flexibility index (Phi) is 8.25. The molecule has 3 heterocycles. The number of hydrazine groups is 1. The normalized spacial score (nSPS) is 12.8. The number of likely N-dealkylation sites (tertiary alicyclic amines) is 1. The molecule has 0 amide bonds. The molecule has 0 saturated carbocycles. The van der Waals surface area contributed by atoms with E-state index in [4.69, 9.17) is 5.41 Å². The van der Waals surface area contributed by atoms with E-state index in [0.717, 1.165) is 40.2 Å². The van der Waals surface area contributed by atoms with Gasteiger partial charge in [0.25, 0.3) is 0 Å². The fourth-order valence-electron chi connectivity index (χ4n) is 3.40. The maximum atomic E-state index is 8.23. The van der Waals surface area contributed by atoms with Crippen LogP contribution in [-0.4, -0.2) is 40.7 Å². The number of benzene rings is 1. The Hall–Kier alpha value is -3.35. The summed E-state index contributed by atoms with van der Waals surface area (Å²) in [5.74, 6) is 0.833. The highest BCUT2D eigenvalue weighted by Gasteiger charge is 2.14. The molecular weight excluding hydrogens is 396 g/mol. The fraction of sp³-hybridized carbons (Fsp3) is 0.269. The number of hydrogen-bond donors (Lipinski definition) is 3. The molecule has 32 heavy (non-hydrogen) atoms. The first kappa shape index (κ1) is 23.3. The number of nitrogens with zero attached hydrogens (tertiary/aromatic N) is 3. The van der Waals surface area contributed by atoms with Gasteiger partial charge in [-0.05, 0) is 79.9 Å². The van der Waals surface area contributed by atoms with E-state index in [2.05, 4.69) is 56.6 Å². The Labute approximate surface area is 190 Å². The number of anilines is 1. The van der Waals surface area contributed by atoms with Crippen molar-refractivity contribution in [2.45, 2.75) is 26.8 Å². The summed E-state index contributed by atoms with van der Waals surface area (Å²) in [6, 6.07) is 14.2. The minimum Gasteiger partial charge on any atom is -0.306 e. The summed E-state index contributed by atoms with van der Waals surface area (Å²) < 4.78 is 0. The monoisotopic (exact) mass is 428 g/mol. The SMILES string of the molecule is C=C(C)C(=N)c1cc(-c2cncc(CN3CCC3)c2)ccc1C.CNNc1ccccn1. The maximum absolute atomic E-state index is 8.23. The minimum absolute atomic E-state index is 0.508. The van der Waals surface area contributed by atoms with Crippen LogP contribution < -0.4 is 10.9 Å². The summed E-state index contributed by atoms with van der Waals surface area (Å²) in [5, 5.41) is 8.23. The predicted molar refractivity (Wildman–Crippen MR) is 133 cm³/mol. The first-order valence-electron chi connectivity index (χ1n) is 10.8. The van der Waals surface area contributed by atoms with Gasteiger partial charge in [0, 0.05) is 43.3 Å². The summed E-state index contributed by atoms with van der Waals surface area (Å²) >= 11 is 0. The van der Waals surface area contributed by atoms with Crippen LogP contribution in [0.2, 0.25) is 0 Å². The second kappa shape index (κ2) is 11.3. The average molecular weight is 429 g/mol. The number of pyridine rings is 2. The predicted octanol–water partition coefficient (Wildman–Crippen LogP) is 4.83. The molecule has 1 fully saturated rings. The lowest BCUT2D eigenvalue weighted by Crippen LogP contribution is -2.36. The number of rotatable bonds is 7. The van der Waals surface area contributed by atoms with E-state index >= 15 is 0 Å². The average Bonchev–Trinajstić information content (AvgIpc) is 2.78. The standard InChI is InChI=1S/C20H23N3.C6H9N3/c1-14(2)20(21)19-10-17(6-5-15(19)3)18-9-16(11-22-12-18)13-23-7-4-8-23;1-7-9-6-4-2-3-5-8-6/h5-6,9-12,21H,1,4,7-8,13H2,2-3H3;2-5,7H,1H3,(H,8,9). The van der Waals surface area contributed by atoms with Crippen LogP contribution in [0, 0.1) is 12.3 Å². The van der Waals surface area contributed by atoms with Crippen LogP contribution >= 0.6 is 0 Å². The molecule has 2 aromatic heterocycles. The van der Waals surface area contributed by atoms with Crippen LogP contribution in [0.3, 0.4) is 0 Å². The third-order valence-corrected chi connectivity index (χ3v) is 5.33. The van der Waals surface area contributed by atoms with Gasteiger partial charge in [-0.25, -0.2) is 10.4 Å². The lowest BCUT2D eigenvalue weighted by atomic mass is 9.95. The lowest BCUT2D eigenvalue weighted by Gasteiger charge is -2.30. The van der Waals surface area contributed by atoms with Crippen molar-refractivity contribution < 1.29 is 0 Å². The molecule has 1 saturated heterocycles. The van der Waals surface area contributed by atoms with E-state index in [-0.39, 0.29) is 0 Å². The maximum Gasteiger partial charge on any atom is 0.140 e. The van der Waals surface area contributed by atoms with Gasteiger partial charge in [-0.15, -0.1) is 0 Å². The molecule has 0 aliphatic carbocycles. The number of hydrogen-bond acceptors (Lipinski definition) is 6. The van der Waals surface area contributed by atoms with E-state index in [9.17, 15) is 0 Å². The number of aromatic nitrogens is 2. The van der Waals surface area contributed by atoms with E-state index < -0.39 is 0 Å². The molecule has 166 valence electrons. The molecule has 0 radical (unpaired) electrons. The Morgan fingerprint density at radius 1 is 1.12 bits per heavy atom. The van der Waals surface area contributed by atoms with Crippen molar-refractivity contribution in [2.24, 2.45) is 0 Å². The van der Waals surface area contributed by atoms with Gasteiger partial charge in [-0.1, -0.05) is 24.8 Å². The third kappa shape index (κ3) is 6.33. The van der Waals surface area contributed by atoms with Gasteiger partial charge in [0.15, 0.2) is 0 Å². The van der Waals surface area contributed by atoms with Crippen LogP contribution in [0.25, 0.3) is 11.1 Å². The fourth-order valence-corrected chi connectivity index (χ4v) is 3.40. The molecule has 4 rings (SSSR count). The zero-order valence-corrected chi connectivity index (χ0v) is 19.2.